The van der Waals surface area contributed by atoms with Crippen molar-refractivity contribution in [3.05, 3.63) is 35.4 Å². The fourth-order valence-corrected chi connectivity index (χ4v) is 3.33. The fraction of sp³-hybridized carbons (Fsp3) is 0.471. The van der Waals surface area contributed by atoms with Crippen molar-refractivity contribution in [3.63, 3.8) is 0 Å². The minimum atomic E-state index is -0.412. The summed E-state index contributed by atoms with van der Waals surface area (Å²) in [6.07, 6.45) is 1.50. The van der Waals surface area contributed by atoms with E-state index in [0.717, 1.165) is 30.2 Å². The average molecular weight is 386 g/mol. The standard InChI is InChI=1S/C17H23N3O3S.ClH/c1-3-17(4-2,11-18)19-15(22)13-7-5-6-12(8-13)9-20-14(21)10-24-16(20)23;/h5-8H,3-4,9-11,18H2,1-2H3,(H,19,22);1H. The van der Waals surface area contributed by atoms with E-state index in [1.807, 2.05) is 13.8 Å². The van der Waals surface area contributed by atoms with Crippen LogP contribution in [-0.4, -0.2) is 39.8 Å². The predicted octanol–water partition coefficient (Wildman–Crippen LogP) is 2.55. The highest BCUT2D eigenvalue weighted by atomic mass is 35.5. The van der Waals surface area contributed by atoms with Crippen molar-refractivity contribution in [1.29, 1.82) is 0 Å². The van der Waals surface area contributed by atoms with Crippen LogP contribution in [0, 0.1) is 0 Å². The minimum absolute atomic E-state index is 0. The van der Waals surface area contributed by atoms with Gasteiger partial charge in [0.2, 0.25) is 5.91 Å². The molecule has 1 aliphatic heterocycles. The molecular formula is C17H24ClN3O3S. The highest BCUT2D eigenvalue weighted by molar-refractivity contribution is 8.14. The highest BCUT2D eigenvalue weighted by Gasteiger charge is 2.30. The molecule has 1 heterocycles. The second kappa shape index (κ2) is 9.22. The van der Waals surface area contributed by atoms with Crippen LogP contribution in [0.3, 0.4) is 0 Å². The van der Waals surface area contributed by atoms with E-state index in [-0.39, 0.29) is 41.8 Å². The summed E-state index contributed by atoms with van der Waals surface area (Å²) in [5.74, 6) is -0.205. The number of amides is 3. The first-order valence-corrected chi connectivity index (χ1v) is 9.02. The molecule has 2 rings (SSSR count). The molecule has 1 aliphatic rings. The first kappa shape index (κ1) is 21.5. The summed E-state index contributed by atoms with van der Waals surface area (Å²) in [4.78, 5) is 37.1. The second-order valence-corrected chi connectivity index (χ2v) is 6.81. The van der Waals surface area contributed by atoms with Gasteiger partial charge < -0.3 is 11.1 Å². The number of nitrogens with two attached hydrogens (primary N) is 1. The molecule has 6 nitrogen and oxygen atoms in total. The topological polar surface area (TPSA) is 92.5 Å². The Labute approximate surface area is 158 Å². The van der Waals surface area contributed by atoms with Gasteiger partial charge in [0.05, 0.1) is 17.8 Å². The van der Waals surface area contributed by atoms with Gasteiger partial charge in [0.25, 0.3) is 11.1 Å². The van der Waals surface area contributed by atoms with Crippen LogP contribution in [0.4, 0.5) is 4.79 Å². The Hall–Kier alpha value is -1.57. The Morgan fingerprint density at radius 1 is 1.32 bits per heavy atom. The van der Waals surface area contributed by atoms with Gasteiger partial charge in [-0.05, 0) is 30.5 Å². The molecule has 8 heteroatoms. The first-order chi connectivity index (χ1) is 11.4. The molecular weight excluding hydrogens is 362 g/mol. The molecule has 0 atom stereocenters. The smallest absolute Gasteiger partial charge is 0.289 e. The molecule has 0 spiro atoms. The van der Waals surface area contributed by atoms with E-state index in [1.54, 1.807) is 24.3 Å². The van der Waals surface area contributed by atoms with E-state index in [1.165, 1.54) is 4.90 Å². The van der Waals surface area contributed by atoms with E-state index < -0.39 is 5.54 Å². The van der Waals surface area contributed by atoms with Crippen LogP contribution in [0.2, 0.25) is 0 Å². The summed E-state index contributed by atoms with van der Waals surface area (Å²) in [5.41, 5.74) is 6.66. The third-order valence-corrected chi connectivity index (χ3v) is 5.35. The summed E-state index contributed by atoms with van der Waals surface area (Å²) in [6, 6.07) is 6.99. The maximum atomic E-state index is 12.5. The van der Waals surface area contributed by atoms with Gasteiger partial charge in [0.1, 0.15) is 0 Å². The Morgan fingerprint density at radius 2 is 2.00 bits per heavy atom. The summed E-state index contributed by atoms with van der Waals surface area (Å²) >= 11 is 1.00. The van der Waals surface area contributed by atoms with Crippen LogP contribution in [0.15, 0.2) is 24.3 Å². The average Bonchev–Trinajstić information content (AvgIpc) is 2.92. The van der Waals surface area contributed by atoms with Crippen molar-refractivity contribution in [2.24, 2.45) is 5.73 Å². The van der Waals surface area contributed by atoms with E-state index in [4.69, 9.17) is 5.73 Å². The molecule has 0 radical (unpaired) electrons. The lowest BCUT2D eigenvalue weighted by Gasteiger charge is -2.31. The molecule has 0 aliphatic carbocycles. The molecule has 138 valence electrons. The van der Waals surface area contributed by atoms with Crippen molar-refractivity contribution in [3.8, 4) is 0 Å². The van der Waals surface area contributed by atoms with Crippen LogP contribution >= 0.6 is 24.2 Å². The molecule has 0 unspecified atom stereocenters. The summed E-state index contributed by atoms with van der Waals surface area (Å²) in [6.45, 7) is 4.56. The zero-order chi connectivity index (χ0) is 17.7. The number of halogens is 1. The van der Waals surface area contributed by atoms with Gasteiger partial charge in [-0.15, -0.1) is 12.4 Å². The van der Waals surface area contributed by atoms with Crippen LogP contribution in [0.25, 0.3) is 0 Å². The number of imide groups is 1. The summed E-state index contributed by atoms with van der Waals surface area (Å²) < 4.78 is 0. The maximum Gasteiger partial charge on any atom is 0.289 e. The minimum Gasteiger partial charge on any atom is -0.345 e. The monoisotopic (exact) mass is 385 g/mol. The van der Waals surface area contributed by atoms with Crippen LogP contribution < -0.4 is 11.1 Å². The van der Waals surface area contributed by atoms with Gasteiger partial charge in [-0.2, -0.15) is 0 Å². The number of carbonyl (C=O) groups is 3. The lowest BCUT2D eigenvalue weighted by atomic mass is 9.92. The second-order valence-electron chi connectivity index (χ2n) is 5.88. The normalized spacial score (nSPS) is 14.4. The molecule has 0 saturated carbocycles. The van der Waals surface area contributed by atoms with Crippen LogP contribution in [0.5, 0.6) is 0 Å². The van der Waals surface area contributed by atoms with Crippen molar-refractivity contribution in [2.45, 2.75) is 38.8 Å². The van der Waals surface area contributed by atoms with Gasteiger partial charge in [-0.1, -0.05) is 37.7 Å². The quantitative estimate of drug-likeness (QED) is 0.752. The van der Waals surface area contributed by atoms with Gasteiger partial charge in [0, 0.05) is 12.1 Å². The molecule has 0 bridgehead atoms. The molecule has 1 aromatic rings. The van der Waals surface area contributed by atoms with E-state index in [0.29, 0.717) is 12.1 Å². The van der Waals surface area contributed by atoms with Crippen LogP contribution in [-0.2, 0) is 11.3 Å². The number of nitrogens with zero attached hydrogens (tertiary/aromatic N) is 1. The number of carbonyl (C=O) groups excluding carboxylic acids is 3. The van der Waals surface area contributed by atoms with Crippen molar-refractivity contribution < 1.29 is 14.4 Å². The number of benzene rings is 1. The van der Waals surface area contributed by atoms with Gasteiger partial charge in [-0.3, -0.25) is 19.3 Å². The number of rotatable bonds is 7. The Kier molecular flexibility index (Phi) is 7.92. The molecule has 1 aromatic carbocycles. The van der Waals surface area contributed by atoms with Crippen molar-refractivity contribution in [1.82, 2.24) is 10.2 Å². The molecule has 3 amide bonds. The van der Waals surface area contributed by atoms with Crippen LogP contribution in [0.1, 0.15) is 42.6 Å². The summed E-state index contributed by atoms with van der Waals surface area (Å²) in [5, 5.41) is 2.78. The molecule has 0 aromatic heterocycles. The van der Waals surface area contributed by atoms with Gasteiger partial charge in [0.15, 0.2) is 0 Å². The maximum absolute atomic E-state index is 12.5. The van der Waals surface area contributed by atoms with E-state index >= 15 is 0 Å². The number of hydrogen-bond donors (Lipinski definition) is 2. The lowest BCUT2D eigenvalue weighted by Crippen LogP contribution is -2.52. The highest BCUT2D eigenvalue weighted by Crippen LogP contribution is 2.22. The van der Waals surface area contributed by atoms with E-state index in [9.17, 15) is 14.4 Å². The zero-order valence-corrected chi connectivity index (χ0v) is 16.0. The fourth-order valence-electron chi connectivity index (χ4n) is 2.61. The Balaban J connectivity index is 0.00000312. The zero-order valence-electron chi connectivity index (χ0n) is 14.4. The van der Waals surface area contributed by atoms with Gasteiger partial charge >= 0.3 is 0 Å². The molecule has 1 fully saturated rings. The number of hydrogen-bond acceptors (Lipinski definition) is 5. The largest absolute Gasteiger partial charge is 0.345 e. The van der Waals surface area contributed by atoms with E-state index in [2.05, 4.69) is 5.32 Å². The molecule has 3 N–H and O–H groups in total. The molecule has 1 saturated heterocycles. The third kappa shape index (κ3) is 4.96. The first-order valence-electron chi connectivity index (χ1n) is 8.03. The third-order valence-electron chi connectivity index (χ3n) is 4.49. The Bertz CT molecular complexity index is 626. The Morgan fingerprint density at radius 3 is 2.52 bits per heavy atom. The van der Waals surface area contributed by atoms with Crippen molar-refractivity contribution >= 4 is 41.2 Å². The molecule has 25 heavy (non-hydrogen) atoms. The summed E-state index contributed by atoms with van der Waals surface area (Å²) in [7, 11) is 0. The van der Waals surface area contributed by atoms with Gasteiger partial charge in [-0.25, -0.2) is 0 Å². The predicted molar refractivity (Wildman–Crippen MR) is 102 cm³/mol. The SMILES string of the molecule is CCC(CC)(CN)NC(=O)c1cccc(CN2C(=O)CSC2=O)c1.Cl. The lowest BCUT2D eigenvalue weighted by molar-refractivity contribution is -0.125. The van der Waals surface area contributed by atoms with Crippen molar-refractivity contribution in [2.75, 3.05) is 12.3 Å². The number of thioether (sulfide) groups is 1. The number of nitrogens with one attached hydrogen (secondary N) is 1.